The average Bonchev–Trinajstić information content (AvgIpc) is 2.74. The summed E-state index contributed by atoms with van der Waals surface area (Å²) >= 11 is 0. The molecule has 0 fully saturated rings. The van der Waals surface area contributed by atoms with E-state index in [1.165, 1.54) is 6.21 Å². The molecule has 0 aliphatic heterocycles. The average molecular weight is 392 g/mol. The molecule has 0 saturated carbocycles. The molecule has 0 aliphatic rings. The van der Waals surface area contributed by atoms with E-state index in [0.717, 1.165) is 27.5 Å². The molecule has 29 heavy (non-hydrogen) atoms. The maximum Gasteiger partial charge on any atom is 0.221 e. The zero-order valence-corrected chi connectivity index (χ0v) is 16.1. The van der Waals surface area contributed by atoms with E-state index in [1.807, 2.05) is 24.3 Å². The Balaban J connectivity index is 1.74. The Morgan fingerprint density at radius 3 is 2.79 bits per heavy atom. The van der Waals surface area contributed by atoms with Crippen molar-refractivity contribution in [2.45, 2.75) is 13.0 Å². The van der Waals surface area contributed by atoms with Crippen LogP contribution in [0.5, 0.6) is 5.88 Å². The van der Waals surface area contributed by atoms with Crippen LogP contribution in [0.15, 0.2) is 48.3 Å². The summed E-state index contributed by atoms with van der Waals surface area (Å²) in [5.74, 6) is 6.64. The molecule has 9 N–H and O–H groups in total. The summed E-state index contributed by atoms with van der Waals surface area (Å²) in [7, 11) is 1.61. The van der Waals surface area contributed by atoms with Gasteiger partial charge in [-0.15, -0.1) is 0 Å². The van der Waals surface area contributed by atoms with E-state index in [-0.39, 0.29) is 0 Å². The highest BCUT2D eigenvalue weighted by Gasteiger charge is 2.09. The summed E-state index contributed by atoms with van der Waals surface area (Å²) in [6.07, 6.45) is 5.19. The summed E-state index contributed by atoms with van der Waals surface area (Å²) in [5.41, 5.74) is 17.2. The van der Waals surface area contributed by atoms with Crippen molar-refractivity contribution < 1.29 is 4.74 Å². The molecule has 3 rings (SSSR count). The fourth-order valence-corrected chi connectivity index (χ4v) is 3.01. The zero-order valence-electron chi connectivity index (χ0n) is 16.1. The number of anilines is 3. The van der Waals surface area contributed by atoms with Crippen molar-refractivity contribution in [2.75, 3.05) is 24.0 Å². The van der Waals surface area contributed by atoms with Gasteiger partial charge >= 0.3 is 0 Å². The standard InChI is InChI=1S/C20H24N8O/c1-29-20-16-7-12(2-3-14(16)4-5-26-20)10-25-11-13(9-21)6-15-8-17(22)27-19(28-24)18(15)23/h2-5,7-9,11,21,25H,6,10,23-24H2,1H3,(H3,22,27,28)/b13-11-,21-9?. The highest BCUT2D eigenvalue weighted by Crippen LogP contribution is 2.25. The smallest absolute Gasteiger partial charge is 0.221 e. The first-order valence-electron chi connectivity index (χ1n) is 8.91. The molecular formula is C20H24N8O. The predicted molar refractivity (Wildman–Crippen MR) is 117 cm³/mol. The summed E-state index contributed by atoms with van der Waals surface area (Å²) in [4.78, 5) is 8.27. The minimum atomic E-state index is 0.304. The fourth-order valence-electron chi connectivity index (χ4n) is 3.01. The molecule has 9 heteroatoms. The number of hydrogen-bond donors (Lipinski definition) is 6. The van der Waals surface area contributed by atoms with E-state index in [1.54, 1.807) is 25.6 Å². The topological polar surface area (TPSA) is 161 Å². The lowest BCUT2D eigenvalue weighted by Gasteiger charge is -2.12. The Labute approximate surface area is 168 Å². The van der Waals surface area contributed by atoms with Gasteiger partial charge in [-0.3, -0.25) is 0 Å². The first kappa shape index (κ1) is 19.9. The number of ether oxygens (including phenoxy) is 1. The zero-order chi connectivity index (χ0) is 20.8. The van der Waals surface area contributed by atoms with Crippen molar-refractivity contribution in [1.29, 1.82) is 5.41 Å². The minimum Gasteiger partial charge on any atom is -0.481 e. The maximum atomic E-state index is 7.69. The number of nitrogen functional groups attached to an aromatic ring is 3. The van der Waals surface area contributed by atoms with Crippen LogP contribution in [0.2, 0.25) is 0 Å². The van der Waals surface area contributed by atoms with Gasteiger partial charge in [0.2, 0.25) is 5.88 Å². The van der Waals surface area contributed by atoms with E-state index in [2.05, 4.69) is 20.7 Å². The van der Waals surface area contributed by atoms with Crippen LogP contribution in [-0.4, -0.2) is 23.3 Å². The number of methoxy groups -OCH3 is 1. The number of fused-ring (bicyclic) bond motifs is 1. The molecule has 3 aromatic rings. The lowest BCUT2D eigenvalue weighted by molar-refractivity contribution is 0.403. The second-order valence-corrected chi connectivity index (χ2v) is 6.41. The molecule has 0 bridgehead atoms. The fraction of sp³-hybridized carbons (Fsp3) is 0.150. The van der Waals surface area contributed by atoms with Crippen molar-refractivity contribution in [2.24, 2.45) is 5.84 Å². The Morgan fingerprint density at radius 2 is 2.07 bits per heavy atom. The van der Waals surface area contributed by atoms with Crippen molar-refractivity contribution in [3.63, 3.8) is 0 Å². The van der Waals surface area contributed by atoms with E-state index < -0.39 is 0 Å². The Kier molecular flexibility index (Phi) is 6.10. The molecular weight excluding hydrogens is 368 g/mol. The van der Waals surface area contributed by atoms with E-state index in [0.29, 0.717) is 36.2 Å². The number of benzene rings is 1. The van der Waals surface area contributed by atoms with Crippen molar-refractivity contribution in [3.8, 4) is 5.88 Å². The predicted octanol–water partition coefficient (Wildman–Crippen LogP) is 1.95. The number of nitrogens with one attached hydrogen (secondary N) is 3. The second kappa shape index (κ2) is 8.89. The monoisotopic (exact) mass is 392 g/mol. The SMILES string of the molecule is COc1nccc2ccc(CN/C=C(\C=N)Cc3cc(N)nc(NN)c3N)cc12. The van der Waals surface area contributed by atoms with Crippen LogP contribution in [0.1, 0.15) is 11.1 Å². The summed E-state index contributed by atoms with van der Waals surface area (Å²) in [6.45, 7) is 0.578. The van der Waals surface area contributed by atoms with Gasteiger partial charge in [-0.1, -0.05) is 12.1 Å². The van der Waals surface area contributed by atoms with Crippen molar-refractivity contribution in [3.05, 3.63) is 59.4 Å². The lowest BCUT2D eigenvalue weighted by Crippen LogP contribution is -2.14. The number of nitrogens with zero attached hydrogens (tertiary/aromatic N) is 2. The van der Waals surface area contributed by atoms with Crippen LogP contribution in [0.25, 0.3) is 10.8 Å². The summed E-state index contributed by atoms with van der Waals surface area (Å²) in [5, 5.41) is 12.9. The Bertz CT molecular complexity index is 1060. The van der Waals surface area contributed by atoms with Crippen molar-refractivity contribution in [1.82, 2.24) is 15.3 Å². The molecule has 2 heterocycles. The quantitative estimate of drug-likeness (QED) is 0.193. The third-order valence-corrected chi connectivity index (χ3v) is 4.46. The first-order chi connectivity index (χ1) is 14.0. The van der Waals surface area contributed by atoms with Crippen molar-refractivity contribution >= 4 is 34.3 Å². The van der Waals surface area contributed by atoms with Gasteiger partial charge in [0.25, 0.3) is 0 Å². The van der Waals surface area contributed by atoms with Crippen LogP contribution in [0.4, 0.5) is 17.3 Å². The number of rotatable bonds is 8. The molecule has 0 unspecified atom stereocenters. The molecule has 0 amide bonds. The molecule has 0 aliphatic carbocycles. The van der Waals surface area contributed by atoms with Gasteiger partial charge in [0, 0.05) is 37.0 Å². The molecule has 150 valence electrons. The van der Waals surface area contributed by atoms with Crippen LogP contribution >= 0.6 is 0 Å². The number of hydrazine groups is 1. The van der Waals surface area contributed by atoms with E-state index >= 15 is 0 Å². The molecule has 0 spiro atoms. The Morgan fingerprint density at radius 1 is 1.24 bits per heavy atom. The van der Waals surface area contributed by atoms with E-state index in [4.69, 9.17) is 27.5 Å². The van der Waals surface area contributed by atoms with Gasteiger partial charge in [-0.2, -0.15) is 0 Å². The minimum absolute atomic E-state index is 0.304. The van der Waals surface area contributed by atoms with Gasteiger partial charge in [-0.05, 0) is 40.3 Å². The van der Waals surface area contributed by atoms with Gasteiger partial charge in [0.05, 0.1) is 12.8 Å². The number of allylic oxidation sites excluding steroid dienone is 1. The number of nitrogens with two attached hydrogens (primary N) is 3. The lowest BCUT2D eigenvalue weighted by atomic mass is 10.1. The molecule has 2 aromatic heterocycles. The number of hydrogen-bond acceptors (Lipinski definition) is 9. The summed E-state index contributed by atoms with van der Waals surface area (Å²) in [6, 6.07) is 9.72. The normalized spacial score (nSPS) is 11.3. The van der Waals surface area contributed by atoms with Gasteiger partial charge < -0.3 is 32.4 Å². The molecule has 0 atom stereocenters. The highest BCUT2D eigenvalue weighted by molar-refractivity contribution is 5.87. The van der Waals surface area contributed by atoms with Crippen LogP contribution in [0.3, 0.4) is 0 Å². The van der Waals surface area contributed by atoms with Gasteiger partial charge in [0.15, 0.2) is 5.82 Å². The third-order valence-electron chi connectivity index (χ3n) is 4.46. The third kappa shape index (κ3) is 4.53. The van der Waals surface area contributed by atoms with E-state index in [9.17, 15) is 0 Å². The molecule has 0 saturated heterocycles. The van der Waals surface area contributed by atoms with Crippen LogP contribution < -0.4 is 32.8 Å². The number of aromatic nitrogens is 2. The molecule has 9 nitrogen and oxygen atoms in total. The maximum absolute atomic E-state index is 7.69. The molecule has 1 aromatic carbocycles. The Hall–Kier alpha value is -3.85. The van der Waals surface area contributed by atoms with Crippen LogP contribution in [0, 0.1) is 5.41 Å². The van der Waals surface area contributed by atoms with Gasteiger partial charge in [-0.25, -0.2) is 15.8 Å². The molecule has 0 radical (unpaired) electrons. The number of pyridine rings is 2. The largest absolute Gasteiger partial charge is 0.481 e. The van der Waals surface area contributed by atoms with Crippen LogP contribution in [-0.2, 0) is 13.0 Å². The second-order valence-electron chi connectivity index (χ2n) is 6.41. The first-order valence-corrected chi connectivity index (χ1v) is 8.91. The van der Waals surface area contributed by atoms with Gasteiger partial charge in [0.1, 0.15) is 5.82 Å². The summed E-state index contributed by atoms with van der Waals surface area (Å²) < 4.78 is 5.33. The highest BCUT2D eigenvalue weighted by atomic mass is 16.5.